The van der Waals surface area contributed by atoms with Crippen molar-refractivity contribution < 1.29 is 0 Å². The van der Waals surface area contributed by atoms with E-state index in [1.165, 1.54) is 11.4 Å². The molecule has 0 saturated carbocycles. The van der Waals surface area contributed by atoms with Crippen LogP contribution >= 0.6 is 0 Å². The molecule has 0 aliphatic carbocycles. The Morgan fingerprint density at radius 2 is 2.23 bits per heavy atom. The second-order valence-corrected chi connectivity index (χ2v) is 3.64. The molecule has 1 aliphatic rings. The topological polar surface area (TPSA) is 33.1 Å². The van der Waals surface area contributed by atoms with Crippen molar-refractivity contribution in [1.29, 1.82) is 0 Å². The van der Waals surface area contributed by atoms with Crippen LogP contribution in [0.2, 0.25) is 0 Å². The van der Waals surface area contributed by atoms with Gasteiger partial charge in [-0.1, -0.05) is 0 Å². The highest BCUT2D eigenvalue weighted by molar-refractivity contribution is 5.21. The lowest BCUT2D eigenvalue weighted by atomic mass is 10.2. The summed E-state index contributed by atoms with van der Waals surface area (Å²) < 4.78 is 2.17. The zero-order valence-corrected chi connectivity index (χ0v) is 8.46. The van der Waals surface area contributed by atoms with Gasteiger partial charge in [-0.3, -0.25) is 0 Å². The van der Waals surface area contributed by atoms with Gasteiger partial charge in [0, 0.05) is 33.6 Å². The van der Waals surface area contributed by atoms with Gasteiger partial charge in [-0.2, -0.15) is 0 Å². The lowest BCUT2D eigenvalue weighted by Gasteiger charge is -2.21. The summed E-state index contributed by atoms with van der Waals surface area (Å²) in [5.41, 5.74) is 2.57. The Labute approximate surface area is 78.5 Å². The molecule has 1 aromatic heterocycles. The largest absolute Gasteiger partial charge is 0.317 e. The number of nitrogens with one attached hydrogen (secondary N) is 1. The predicted octanol–water partition coefficient (Wildman–Crippen LogP) is 0.0348. The molecule has 0 spiro atoms. The number of nitrogens with zero attached hydrogens (tertiary/aromatic N) is 3. The minimum atomic E-state index is 0.939. The van der Waals surface area contributed by atoms with Gasteiger partial charge in [0.05, 0.1) is 11.4 Å². The van der Waals surface area contributed by atoms with Crippen LogP contribution in [0.15, 0.2) is 0 Å². The van der Waals surface area contributed by atoms with Gasteiger partial charge in [-0.25, -0.2) is 9.66 Å². The minimum absolute atomic E-state index is 0.939. The summed E-state index contributed by atoms with van der Waals surface area (Å²) in [4.78, 5) is 4.55. The fraction of sp³-hybridized carbons (Fsp3) is 0.667. The third kappa shape index (κ3) is 1.31. The van der Waals surface area contributed by atoms with Crippen molar-refractivity contribution in [2.45, 2.75) is 19.9 Å². The van der Waals surface area contributed by atoms with Crippen molar-refractivity contribution in [2.75, 3.05) is 25.6 Å². The van der Waals surface area contributed by atoms with E-state index in [0.29, 0.717) is 0 Å². The Balaban J connectivity index is 2.48. The molecule has 1 N–H and O–H groups in total. The van der Waals surface area contributed by atoms with E-state index in [1.54, 1.807) is 0 Å². The molecule has 2 rings (SSSR count). The summed E-state index contributed by atoms with van der Waals surface area (Å²) in [6.07, 6.45) is 1.05. The Morgan fingerprint density at radius 1 is 1.46 bits per heavy atom. The SMILES string of the molecule is Cc1nc2c(n1N(C)C)CNCC2. The van der Waals surface area contributed by atoms with Crippen molar-refractivity contribution in [1.82, 2.24) is 15.0 Å². The number of hydrogen-bond donors (Lipinski definition) is 1. The molecule has 0 fully saturated rings. The molecule has 1 aromatic rings. The Hall–Kier alpha value is -1.03. The van der Waals surface area contributed by atoms with Gasteiger partial charge in [0.25, 0.3) is 0 Å². The van der Waals surface area contributed by atoms with Crippen LogP contribution in [-0.2, 0) is 13.0 Å². The number of hydrogen-bond acceptors (Lipinski definition) is 3. The van der Waals surface area contributed by atoms with E-state index in [9.17, 15) is 0 Å². The van der Waals surface area contributed by atoms with Crippen molar-refractivity contribution in [3.8, 4) is 0 Å². The van der Waals surface area contributed by atoms with Gasteiger partial charge in [0.2, 0.25) is 0 Å². The number of rotatable bonds is 1. The van der Waals surface area contributed by atoms with Crippen LogP contribution in [-0.4, -0.2) is 30.3 Å². The average Bonchev–Trinajstić information content (AvgIpc) is 2.39. The van der Waals surface area contributed by atoms with Crippen molar-refractivity contribution in [2.24, 2.45) is 0 Å². The summed E-state index contributed by atoms with van der Waals surface area (Å²) in [5.74, 6) is 1.08. The van der Waals surface area contributed by atoms with Crippen LogP contribution in [0.3, 0.4) is 0 Å². The number of aromatic nitrogens is 2. The van der Waals surface area contributed by atoms with E-state index in [0.717, 1.165) is 25.3 Å². The molecule has 0 radical (unpaired) electrons. The lowest BCUT2D eigenvalue weighted by Crippen LogP contribution is -2.32. The second-order valence-electron chi connectivity index (χ2n) is 3.64. The normalized spacial score (nSPS) is 15.6. The molecule has 0 unspecified atom stereocenters. The highest BCUT2D eigenvalue weighted by Gasteiger charge is 2.18. The van der Waals surface area contributed by atoms with Gasteiger partial charge in [-0.05, 0) is 6.92 Å². The Morgan fingerprint density at radius 3 is 2.92 bits per heavy atom. The second kappa shape index (κ2) is 3.03. The third-order valence-corrected chi connectivity index (χ3v) is 2.42. The van der Waals surface area contributed by atoms with Gasteiger partial charge >= 0.3 is 0 Å². The van der Waals surface area contributed by atoms with Crippen LogP contribution in [0.5, 0.6) is 0 Å². The molecule has 1 aliphatic heterocycles. The molecule has 72 valence electrons. The van der Waals surface area contributed by atoms with Crippen LogP contribution in [0.4, 0.5) is 0 Å². The summed E-state index contributed by atoms with van der Waals surface area (Å²) in [6, 6.07) is 0. The quantitative estimate of drug-likeness (QED) is 0.662. The summed E-state index contributed by atoms with van der Waals surface area (Å²) in [7, 11) is 4.09. The van der Waals surface area contributed by atoms with Crippen molar-refractivity contribution >= 4 is 0 Å². The maximum atomic E-state index is 4.55. The maximum Gasteiger partial charge on any atom is 0.125 e. The van der Waals surface area contributed by atoms with Crippen LogP contribution in [0, 0.1) is 6.92 Å². The molecule has 0 bridgehead atoms. The number of fused-ring (bicyclic) bond motifs is 1. The van der Waals surface area contributed by atoms with Crippen LogP contribution in [0.25, 0.3) is 0 Å². The molecule has 0 atom stereocenters. The molecule has 13 heavy (non-hydrogen) atoms. The van der Waals surface area contributed by atoms with E-state index in [1.807, 2.05) is 14.1 Å². The molecular formula is C9H16N4. The lowest BCUT2D eigenvalue weighted by molar-refractivity contribution is 0.579. The number of aryl methyl sites for hydroxylation is 1. The third-order valence-electron chi connectivity index (χ3n) is 2.42. The van der Waals surface area contributed by atoms with E-state index in [-0.39, 0.29) is 0 Å². The van der Waals surface area contributed by atoms with Gasteiger partial charge < -0.3 is 10.3 Å². The molecule has 2 heterocycles. The fourth-order valence-corrected chi connectivity index (χ4v) is 1.95. The smallest absolute Gasteiger partial charge is 0.125 e. The monoisotopic (exact) mass is 180 g/mol. The van der Waals surface area contributed by atoms with Gasteiger partial charge in [0.15, 0.2) is 0 Å². The van der Waals surface area contributed by atoms with Crippen molar-refractivity contribution in [3.05, 3.63) is 17.2 Å². The number of imidazole rings is 1. The molecule has 0 aromatic carbocycles. The highest BCUT2D eigenvalue weighted by Crippen LogP contribution is 2.14. The van der Waals surface area contributed by atoms with E-state index >= 15 is 0 Å². The predicted molar refractivity (Wildman–Crippen MR) is 52.4 cm³/mol. The Kier molecular flexibility index (Phi) is 2.00. The average molecular weight is 180 g/mol. The summed E-state index contributed by atoms with van der Waals surface area (Å²) in [6.45, 7) is 4.05. The first-order valence-corrected chi connectivity index (χ1v) is 4.65. The summed E-state index contributed by atoms with van der Waals surface area (Å²) >= 11 is 0. The van der Waals surface area contributed by atoms with E-state index in [2.05, 4.69) is 26.9 Å². The molecule has 4 nitrogen and oxygen atoms in total. The summed E-state index contributed by atoms with van der Waals surface area (Å²) in [5, 5.41) is 5.44. The first kappa shape index (κ1) is 8.56. The Bertz CT molecular complexity index is 314. The van der Waals surface area contributed by atoms with Crippen LogP contribution < -0.4 is 10.3 Å². The maximum absolute atomic E-state index is 4.55. The first-order valence-electron chi connectivity index (χ1n) is 4.65. The molecule has 0 saturated heterocycles. The van der Waals surface area contributed by atoms with Crippen LogP contribution in [0.1, 0.15) is 17.2 Å². The molecular weight excluding hydrogens is 164 g/mol. The van der Waals surface area contributed by atoms with Crippen molar-refractivity contribution in [3.63, 3.8) is 0 Å². The molecule has 0 amide bonds. The minimum Gasteiger partial charge on any atom is -0.317 e. The van der Waals surface area contributed by atoms with E-state index < -0.39 is 0 Å². The zero-order chi connectivity index (χ0) is 9.42. The zero-order valence-electron chi connectivity index (χ0n) is 8.46. The first-order chi connectivity index (χ1) is 6.20. The molecule has 4 heteroatoms. The van der Waals surface area contributed by atoms with Gasteiger partial charge in [0.1, 0.15) is 5.82 Å². The van der Waals surface area contributed by atoms with Gasteiger partial charge in [-0.15, -0.1) is 0 Å². The standard InChI is InChI=1S/C9H16N4/c1-7-11-8-4-5-10-6-9(8)13(7)12(2)3/h10H,4-6H2,1-3H3. The highest BCUT2D eigenvalue weighted by atomic mass is 15.5. The van der Waals surface area contributed by atoms with E-state index in [4.69, 9.17) is 0 Å². The fourth-order valence-electron chi connectivity index (χ4n) is 1.95.